The van der Waals surface area contributed by atoms with E-state index in [2.05, 4.69) is 9.97 Å². The van der Waals surface area contributed by atoms with E-state index in [1.165, 1.54) is 12.4 Å². The van der Waals surface area contributed by atoms with E-state index in [1.54, 1.807) is 28.7 Å². The minimum atomic E-state index is -4.36. The van der Waals surface area contributed by atoms with Gasteiger partial charge in [-0.2, -0.15) is 13.2 Å². The Morgan fingerprint density at radius 1 is 1.29 bits per heavy atom. The number of aromatic amines is 1. The Labute approximate surface area is 90.7 Å². The van der Waals surface area contributed by atoms with Gasteiger partial charge < -0.3 is 4.98 Å². The van der Waals surface area contributed by atoms with Crippen LogP contribution >= 0.6 is 22.6 Å². The van der Waals surface area contributed by atoms with Crippen LogP contribution in [0.2, 0.25) is 0 Å². The van der Waals surface area contributed by atoms with E-state index in [0.29, 0.717) is 5.52 Å². The third-order valence-corrected chi connectivity index (χ3v) is 2.72. The number of hydrogen-bond acceptors (Lipinski definition) is 1. The van der Waals surface area contributed by atoms with Crippen LogP contribution in [0.1, 0.15) is 5.56 Å². The number of rotatable bonds is 0. The van der Waals surface area contributed by atoms with Gasteiger partial charge in [-0.05, 0) is 34.7 Å². The van der Waals surface area contributed by atoms with Gasteiger partial charge in [0.15, 0.2) is 0 Å². The Morgan fingerprint density at radius 2 is 2.00 bits per heavy atom. The highest BCUT2D eigenvalue weighted by atomic mass is 127. The van der Waals surface area contributed by atoms with Crippen molar-refractivity contribution in [3.8, 4) is 0 Å². The minimum Gasteiger partial charge on any atom is -0.345 e. The Morgan fingerprint density at radius 3 is 2.64 bits per heavy atom. The Balaban J connectivity index is 2.83. The molecule has 0 spiro atoms. The number of fused-ring (bicyclic) bond motifs is 1. The number of benzene rings is 1. The molecule has 6 heteroatoms. The van der Waals surface area contributed by atoms with Gasteiger partial charge >= 0.3 is 6.18 Å². The molecule has 1 N–H and O–H groups in total. The predicted molar refractivity (Wildman–Crippen MR) is 53.8 cm³/mol. The highest BCUT2D eigenvalue weighted by molar-refractivity contribution is 14.1. The third-order valence-electron chi connectivity index (χ3n) is 1.82. The topological polar surface area (TPSA) is 28.7 Å². The van der Waals surface area contributed by atoms with E-state index < -0.39 is 11.7 Å². The summed E-state index contributed by atoms with van der Waals surface area (Å²) in [5, 5.41) is 0. The van der Waals surface area contributed by atoms with Gasteiger partial charge in [0, 0.05) is 3.57 Å². The van der Waals surface area contributed by atoms with Crippen LogP contribution in [0.5, 0.6) is 0 Å². The van der Waals surface area contributed by atoms with E-state index in [-0.39, 0.29) is 9.09 Å². The Kier molecular flexibility index (Phi) is 2.17. The van der Waals surface area contributed by atoms with Crippen LogP contribution < -0.4 is 0 Å². The summed E-state index contributed by atoms with van der Waals surface area (Å²) < 4.78 is 38.0. The fraction of sp³-hybridized carbons (Fsp3) is 0.125. The molecule has 1 heterocycles. The molecule has 0 aliphatic heterocycles. The molecule has 2 rings (SSSR count). The molecule has 0 amide bonds. The largest absolute Gasteiger partial charge is 0.419 e. The summed E-state index contributed by atoms with van der Waals surface area (Å²) in [6.45, 7) is 0. The van der Waals surface area contributed by atoms with Crippen LogP contribution in [-0.4, -0.2) is 9.97 Å². The first-order valence-electron chi connectivity index (χ1n) is 3.69. The fourth-order valence-electron chi connectivity index (χ4n) is 1.25. The van der Waals surface area contributed by atoms with E-state index >= 15 is 0 Å². The highest BCUT2D eigenvalue weighted by Crippen LogP contribution is 2.36. The molecule has 0 atom stereocenters. The molecule has 0 aliphatic rings. The van der Waals surface area contributed by atoms with Crippen LogP contribution in [0.25, 0.3) is 11.0 Å². The molecular formula is C8H4F3IN2. The first-order valence-corrected chi connectivity index (χ1v) is 4.77. The molecule has 0 unspecified atom stereocenters. The van der Waals surface area contributed by atoms with Crippen LogP contribution in [0, 0.1) is 3.57 Å². The number of hydrogen-bond donors (Lipinski definition) is 1. The van der Waals surface area contributed by atoms with Gasteiger partial charge in [-0.15, -0.1) is 0 Å². The zero-order chi connectivity index (χ0) is 10.3. The maximum Gasteiger partial charge on any atom is 0.419 e. The summed E-state index contributed by atoms with van der Waals surface area (Å²) in [5.74, 6) is 0. The maximum absolute atomic E-state index is 12.6. The van der Waals surface area contributed by atoms with Crippen molar-refractivity contribution in [2.45, 2.75) is 6.18 Å². The van der Waals surface area contributed by atoms with Crippen LogP contribution in [-0.2, 0) is 6.18 Å². The summed E-state index contributed by atoms with van der Waals surface area (Å²) >= 11 is 1.66. The number of H-pyrrole nitrogens is 1. The average molecular weight is 312 g/mol. The lowest BCUT2D eigenvalue weighted by molar-refractivity contribution is -0.137. The summed E-state index contributed by atoms with van der Waals surface area (Å²) in [6, 6.07) is 3.00. The SMILES string of the molecule is FC(F)(F)c1c(I)ccc2[nH]cnc12. The van der Waals surface area contributed by atoms with Crippen LogP contribution in [0.4, 0.5) is 13.2 Å². The van der Waals surface area contributed by atoms with Crippen molar-refractivity contribution >= 4 is 33.6 Å². The Hall–Kier alpha value is -0.790. The molecule has 0 radical (unpaired) electrons. The number of halogens is 4. The number of aromatic nitrogens is 2. The van der Waals surface area contributed by atoms with Gasteiger partial charge in [-0.25, -0.2) is 4.98 Å². The molecule has 0 aliphatic carbocycles. The molecule has 0 bridgehead atoms. The third kappa shape index (κ3) is 1.47. The zero-order valence-electron chi connectivity index (χ0n) is 6.69. The van der Waals surface area contributed by atoms with Crippen molar-refractivity contribution in [3.63, 3.8) is 0 Å². The quantitative estimate of drug-likeness (QED) is 0.744. The number of nitrogens with one attached hydrogen (secondary N) is 1. The molecule has 2 nitrogen and oxygen atoms in total. The first-order chi connectivity index (χ1) is 6.50. The molecule has 0 saturated carbocycles. The molecule has 2 aromatic rings. The lowest BCUT2D eigenvalue weighted by atomic mass is 10.2. The second-order valence-electron chi connectivity index (χ2n) is 2.72. The predicted octanol–water partition coefficient (Wildman–Crippen LogP) is 3.19. The van der Waals surface area contributed by atoms with Gasteiger partial charge in [0.1, 0.15) is 5.52 Å². The highest BCUT2D eigenvalue weighted by Gasteiger charge is 2.35. The lowest BCUT2D eigenvalue weighted by Crippen LogP contribution is -2.08. The van der Waals surface area contributed by atoms with Crippen molar-refractivity contribution in [1.29, 1.82) is 0 Å². The number of alkyl halides is 3. The van der Waals surface area contributed by atoms with Gasteiger partial charge in [0.05, 0.1) is 17.4 Å². The average Bonchev–Trinajstić information content (AvgIpc) is 2.48. The van der Waals surface area contributed by atoms with Crippen molar-refractivity contribution in [2.24, 2.45) is 0 Å². The summed E-state index contributed by atoms with van der Waals surface area (Å²) in [6.07, 6.45) is -3.10. The van der Waals surface area contributed by atoms with Gasteiger partial charge in [-0.1, -0.05) is 0 Å². The van der Waals surface area contributed by atoms with Crippen molar-refractivity contribution in [2.75, 3.05) is 0 Å². The second-order valence-corrected chi connectivity index (χ2v) is 3.88. The van der Waals surface area contributed by atoms with Crippen LogP contribution in [0.15, 0.2) is 18.5 Å². The fourth-order valence-corrected chi connectivity index (χ4v) is 1.99. The van der Waals surface area contributed by atoms with Gasteiger partial charge in [0.25, 0.3) is 0 Å². The molecule has 14 heavy (non-hydrogen) atoms. The minimum absolute atomic E-state index is 0.0237. The molecule has 0 saturated heterocycles. The normalized spacial score (nSPS) is 12.3. The number of nitrogens with zero attached hydrogens (tertiary/aromatic N) is 1. The Bertz CT molecular complexity index is 475. The number of imidazole rings is 1. The lowest BCUT2D eigenvalue weighted by Gasteiger charge is -2.09. The van der Waals surface area contributed by atoms with E-state index in [9.17, 15) is 13.2 Å². The van der Waals surface area contributed by atoms with Gasteiger partial charge in [0.2, 0.25) is 0 Å². The molecular weight excluding hydrogens is 308 g/mol. The van der Waals surface area contributed by atoms with E-state index in [4.69, 9.17) is 0 Å². The van der Waals surface area contributed by atoms with Crippen LogP contribution in [0.3, 0.4) is 0 Å². The maximum atomic E-state index is 12.6. The molecule has 74 valence electrons. The summed E-state index contributed by atoms with van der Waals surface area (Å²) in [7, 11) is 0. The monoisotopic (exact) mass is 312 g/mol. The molecule has 0 fully saturated rings. The first kappa shape index (κ1) is 9.75. The van der Waals surface area contributed by atoms with Crippen molar-refractivity contribution in [3.05, 3.63) is 27.6 Å². The summed E-state index contributed by atoms with van der Waals surface area (Å²) in [4.78, 5) is 6.31. The van der Waals surface area contributed by atoms with Crippen molar-refractivity contribution in [1.82, 2.24) is 9.97 Å². The second kappa shape index (κ2) is 3.11. The van der Waals surface area contributed by atoms with Gasteiger partial charge in [-0.3, -0.25) is 0 Å². The summed E-state index contributed by atoms with van der Waals surface area (Å²) in [5.41, 5.74) is -0.293. The molecule has 1 aromatic carbocycles. The van der Waals surface area contributed by atoms with Crippen molar-refractivity contribution < 1.29 is 13.2 Å². The standard InChI is InChI=1S/C8H4F3IN2/c9-8(10,11)6-4(12)1-2-5-7(6)14-3-13-5/h1-3H,(H,13,14). The van der Waals surface area contributed by atoms with E-state index in [1.807, 2.05) is 0 Å². The zero-order valence-corrected chi connectivity index (χ0v) is 8.85. The smallest absolute Gasteiger partial charge is 0.345 e. The molecule has 1 aromatic heterocycles. The van der Waals surface area contributed by atoms with E-state index in [0.717, 1.165) is 0 Å².